The molecule has 1 aliphatic heterocycles. The van der Waals surface area contributed by atoms with Crippen LogP contribution in [0, 0.1) is 11.8 Å². The molecule has 2 aliphatic carbocycles. The van der Waals surface area contributed by atoms with Crippen LogP contribution in [0.25, 0.3) is 0 Å². The molecule has 0 bridgehead atoms. The van der Waals surface area contributed by atoms with E-state index in [2.05, 4.69) is 20.8 Å². The Morgan fingerprint density at radius 2 is 1.86 bits per heavy atom. The smallest absolute Gasteiger partial charge is 0.317 e. The van der Waals surface area contributed by atoms with Crippen LogP contribution in [-0.4, -0.2) is 69.7 Å². The first-order valence-electron chi connectivity index (χ1n) is 12.6. The van der Waals surface area contributed by atoms with Crippen molar-refractivity contribution in [3.8, 4) is 0 Å². The van der Waals surface area contributed by atoms with Crippen molar-refractivity contribution in [3.63, 3.8) is 0 Å². The van der Waals surface area contributed by atoms with Crippen molar-refractivity contribution in [1.29, 1.82) is 0 Å². The number of rotatable bonds is 9. The minimum absolute atomic E-state index is 0. The molecule has 3 atom stereocenters. The largest absolute Gasteiger partial charge is 0.480 e. The molecule has 0 radical (unpaired) electrons. The fraction of sp³-hybridized carbons (Fsp3) is 0.750. The summed E-state index contributed by atoms with van der Waals surface area (Å²) < 4.78 is 0. The fourth-order valence-electron chi connectivity index (χ4n) is 5.77. The van der Waals surface area contributed by atoms with E-state index in [9.17, 15) is 14.4 Å². The van der Waals surface area contributed by atoms with Crippen LogP contribution in [-0.2, 0) is 27.2 Å². The van der Waals surface area contributed by atoms with Gasteiger partial charge in [-0.05, 0) is 55.9 Å². The molecule has 1 aromatic rings. The number of nitrogens with zero attached hydrogens (tertiary/aromatic N) is 2. The van der Waals surface area contributed by atoms with Crippen molar-refractivity contribution in [1.82, 2.24) is 25.7 Å². The second kappa shape index (κ2) is 14.0. The van der Waals surface area contributed by atoms with Gasteiger partial charge in [-0.2, -0.15) is 5.10 Å². The molecular formula is C24H39Cl2N5O4. The number of carboxylic acid groups (broad SMARTS) is 1. The molecule has 4 N–H and O–H groups in total. The van der Waals surface area contributed by atoms with Crippen molar-refractivity contribution in [3.05, 3.63) is 17.5 Å². The Hall–Kier alpha value is -1.84. The average Bonchev–Trinajstić information content (AvgIpc) is 3.49. The molecule has 35 heavy (non-hydrogen) atoms. The summed E-state index contributed by atoms with van der Waals surface area (Å²) in [6.07, 6.45) is 12.6. The number of aliphatic carboxylic acids is 1. The minimum Gasteiger partial charge on any atom is -0.480 e. The molecule has 1 aromatic heterocycles. The maximum atomic E-state index is 13.4. The van der Waals surface area contributed by atoms with E-state index in [1.165, 1.54) is 30.5 Å². The fourth-order valence-corrected chi connectivity index (χ4v) is 5.77. The van der Waals surface area contributed by atoms with Gasteiger partial charge < -0.3 is 15.3 Å². The van der Waals surface area contributed by atoms with Crippen LogP contribution >= 0.6 is 24.8 Å². The average molecular weight is 533 g/mol. The molecule has 1 saturated heterocycles. The van der Waals surface area contributed by atoms with Gasteiger partial charge in [0.1, 0.15) is 6.04 Å². The number of halogens is 2. The Morgan fingerprint density at radius 3 is 2.60 bits per heavy atom. The van der Waals surface area contributed by atoms with Crippen molar-refractivity contribution in [2.45, 2.75) is 82.7 Å². The zero-order valence-electron chi connectivity index (χ0n) is 20.2. The van der Waals surface area contributed by atoms with E-state index in [-0.39, 0.29) is 43.2 Å². The van der Waals surface area contributed by atoms with Crippen LogP contribution in [0.4, 0.5) is 0 Å². The number of hydrogen-bond acceptors (Lipinski definition) is 5. The third kappa shape index (κ3) is 7.82. The Morgan fingerprint density at radius 1 is 1.09 bits per heavy atom. The molecule has 0 aromatic carbocycles. The van der Waals surface area contributed by atoms with Crippen LogP contribution in [0.15, 0.2) is 6.20 Å². The monoisotopic (exact) mass is 531 g/mol. The molecule has 2 heterocycles. The molecule has 9 nitrogen and oxygen atoms in total. The van der Waals surface area contributed by atoms with Gasteiger partial charge in [0.05, 0.1) is 18.8 Å². The number of carbonyl (C=O) groups excluding carboxylic acids is 2. The standard InChI is InChI=1S/C24H37N5O4.2ClH/c30-22(31)15-25-20(12-16-5-2-1-3-6-16)24(33)29-10-4-7-21(29)23(32)26-13-17-8-9-19-18(11-17)14-27-28-19;;/h14,16-17,20-21,25H,1-13,15H2,(H,26,32)(H,27,28)(H,30,31);2*1H/t17?,20-,21+;;/m1../s1. The van der Waals surface area contributed by atoms with E-state index in [1.807, 2.05) is 6.20 Å². The summed E-state index contributed by atoms with van der Waals surface area (Å²) in [4.78, 5) is 39.3. The predicted molar refractivity (Wildman–Crippen MR) is 137 cm³/mol. The summed E-state index contributed by atoms with van der Waals surface area (Å²) in [6.45, 7) is 0.908. The van der Waals surface area contributed by atoms with Crippen LogP contribution in [0.1, 0.15) is 69.0 Å². The van der Waals surface area contributed by atoms with Crippen LogP contribution in [0.5, 0.6) is 0 Å². The highest BCUT2D eigenvalue weighted by Crippen LogP contribution is 2.29. The van der Waals surface area contributed by atoms with Gasteiger partial charge in [-0.15, -0.1) is 24.8 Å². The predicted octanol–water partition coefficient (Wildman–Crippen LogP) is 2.48. The van der Waals surface area contributed by atoms with E-state index in [4.69, 9.17) is 5.11 Å². The Kier molecular flexibility index (Phi) is 11.8. The first-order chi connectivity index (χ1) is 16.0. The van der Waals surface area contributed by atoms with E-state index in [0.29, 0.717) is 37.8 Å². The molecule has 4 rings (SSSR count). The number of H-pyrrole nitrogens is 1. The summed E-state index contributed by atoms with van der Waals surface area (Å²) in [5, 5.41) is 22.3. The van der Waals surface area contributed by atoms with Gasteiger partial charge in [0.15, 0.2) is 0 Å². The second-order valence-electron chi connectivity index (χ2n) is 9.98. The number of aryl methyl sites for hydroxylation is 1. The third-order valence-corrected chi connectivity index (χ3v) is 7.61. The van der Waals surface area contributed by atoms with Gasteiger partial charge in [-0.25, -0.2) is 0 Å². The maximum Gasteiger partial charge on any atom is 0.317 e. The van der Waals surface area contributed by atoms with E-state index >= 15 is 0 Å². The zero-order chi connectivity index (χ0) is 23.2. The number of amides is 2. The lowest BCUT2D eigenvalue weighted by Crippen LogP contribution is -2.54. The highest BCUT2D eigenvalue weighted by atomic mass is 35.5. The van der Waals surface area contributed by atoms with Gasteiger partial charge >= 0.3 is 5.97 Å². The molecule has 1 saturated carbocycles. The number of carboxylic acids is 1. The Balaban J connectivity index is 0.00000216. The summed E-state index contributed by atoms with van der Waals surface area (Å²) in [5.41, 5.74) is 2.43. The topological polar surface area (TPSA) is 127 Å². The van der Waals surface area contributed by atoms with Gasteiger partial charge in [0, 0.05) is 18.8 Å². The van der Waals surface area contributed by atoms with E-state index < -0.39 is 18.1 Å². The quantitative estimate of drug-likeness (QED) is 0.387. The maximum absolute atomic E-state index is 13.4. The number of fused-ring (bicyclic) bond motifs is 1. The van der Waals surface area contributed by atoms with Crippen molar-refractivity contribution in [2.24, 2.45) is 11.8 Å². The number of likely N-dealkylation sites (tertiary alicyclic amines) is 1. The van der Waals surface area contributed by atoms with Crippen LogP contribution in [0.3, 0.4) is 0 Å². The second-order valence-corrected chi connectivity index (χ2v) is 9.98. The summed E-state index contributed by atoms with van der Waals surface area (Å²) in [5.74, 6) is -0.377. The Labute approximate surface area is 219 Å². The summed E-state index contributed by atoms with van der Waals surface area (Å²) in [6, 6.07) is -1.01. The lowest BCUT2D eigenvalue weighted by atomic mass is 9.84. The number of hydrogen-bond donors (Lipinski definition) is 4. The lowest BCUT2D eigenvalue weighted by molar-refractivity contribution is -0.141. The molecular weight excluding hydrogens is 493 g/mol. The molecule has 198 valence electrons. The number of aromatic amines is 1. The van der Waals surface area contributed by atoms with Gasteiger partial charge in [-0.1, -0.05) is 32.1 Å². The summed E-state index contributed by atoms with van der Waals surface area (Å²) >= 11 is 0. The Bertz CT molecular complexity index is 846. The van der Waals surface area contributed by atoms with Gasteiger partial charge in [0.2, 0.25) is 11.8 Å². The normalized spacial score (nSPS) is 22.9. The SMILES string of the molecule is Cl.Cl.O=C(O)CN[C@H](CC1CCCCC1)C(=O)N1CCC[C@H]1C(=O)NCC1CCc2[nH]ncc2C1. The first kappa shape index (κ1) is 29.4. The summed E-state index contributed by atoms with van der Waals surface area (Å²) in [7, 11) is 0. The van der Waals surface area contributed by atoms with Gasteiger partial charge in [0.25, 0.3) is 0 Å². The van der Waals surface area contributed by atoms with Crippen molar-refractivity contribution < 1.29 is 19.5 Å². The first-order valence-corrected chi connectivity index (χ1v) is 12.6. The number of nitrogens with one attached hydrogen (secondary N) is 3. The molecule has 2 fully saturated rings. The minimum atomic E-state index is -0.972. The lowest BCUT2D eigenvalue weighted by Gasteiger charge is -2.32. The number of carbonyl (C=O) groups is 3. The molecule has 2 amide bonds. The van der Waals surface area contributed by atoms with Gasteiger partial charge in [-0.3, -0.25) is 24.8 Å². The molecule has 0 spiro atoms. The highest BCUT2D eigenvalue weighted by Gasteiger charge is 2.38. The van der Waals surface area contributed by atoms with Crippen molar-refractivity contribution >= 4 is 42.6 Å². The van der Waals surface area contributed by atoms with Crippen LogP contribution in [0.2, 0.25) is 0 Å². The highest BCUT2D eigenvalue weighted by molar-refractivity contribution is 5.90. The van der Waals surface area contributed by atoms with E-state index in [1.54, 1.807) is 4.90 Å². The zero-order valence-corrected chi connectivity index (χ0v) is 21.8. The van der Waals surface area contributed by atoms with Crippen molar-refractivity contribution in [2.75, 3.05) is 19.6 Å². The number of aromatic nitrogens is 2. The third-order valence-electron chi connectivity index (χ3n) is 7.61. The molecule has 3 aliphatic rings. The van der Waals surface area contributed by atoms with Crippen LogP contribution < -0.4 is 10.6 Å². The molecule has 11 heteroatoms. The molecule has 1 unspecified atom stereocenters. The van der Waals surface area contributed by atoms with E-state index in [0.717, 1.165) is 38.5 Å².